The van der Waals surface area contributed by atoms with Crippen molar-refractivity contribution >= 4 is 15.9 Å². The highest BCUT2D eigenvalue weighted by molar-refractivity contribution is 9.10. The minimum atomic E-state index is 0.606. The number of benzene rings is 1. The predicted octanol–water partition coefficient (Wildman–Crippen LogP) is 3.29. The average Bonchev–Trinajstić information content (AvgIpc) is 2.68. The summed E-state index contributed by atoms with van der Waals surface area (Å²) in [5, 5.41) is 8.18. The van der Waals surface area contributed by atoms with E-state index in [9.17, 15) is 0 Å². The van der Waals surface area contributed by atoms with Crippen LogP contribution in [0.3, 0.4) is 0 Å². The minimum absolute atomic E-state index is 0.606. The van der Waals surface area contributed by atoms with Gasteiger partial charge in [-0.2, -0.15) is 0 Å². The molecule has 3 nitrogen and oxygen atoms in total. The molecule has 0 aliphatic carbocycles. The van der Waals surface area contributed by atoms with Crippen molar-refractivity contribution in [1.82, 2.24) is 14.8 Å². The van der Waals surface area contributed by atoms with Gasteiger partial charge in [-0.15, -0.1) is 10.2 Å². The zero-order valence-corrected chi connectivity index (χ0v) is 11.7. The van der Waals surface area contributed by atoms with Crippen molar-refractivity contribution < 1.29 is 0 Å². The fraction of sp³-hybridized carbons (Fsp3) is 0.385. The molecule has 0 spiro atoms. The molecule has 1 aromatic heterocycles. The van der Waals surface area contributed by atoms with Gasteiger partial charge in [0, 0.05) is 17.4 Å². The van der Waals surface area contributed by atoms with E-state index < -0.39 is 0 Å². The van der Waals surface area contributed by atoms with Gasteiger partial charge in [0.2, 0.25) is 0 Å². The third-order valence-electron chi connectivity index (χ3n) is 2.53. The van der Waals surface area contributed by atoms with Crippen LogP contribution in [0.2, 0.25) is 0 Å². The Balaban J connectivity index is 2.13. The molecule has 0 aliphatic rings. The summed E-state index contributed by atoms with van der Waals surface area (Å²) in [5.74, 6) is 1.63. The molecule has 0 fully saturated rings. The molecule has 17 heavy (non-hydrogen) atoms. The molecule has 4 heteroatoms. The van der Waals surface area contributed by atoms with E-state index in [-0.39, 0.29) is 0 Å². The largest absolute Gasteiger partial charge is 0.317 e. The Labute approximate surface area is 110 Å². The number of hydrogen-bond donors (Lipinski definition) is 0. The fourth-order valence-electron chi connectivity index (χ4n) is 1.75. The molecule has 90 valence electrons. The maximum atomic E-state index is 4.19. The zero-order chi connectivity index (χ0) is 12.3. The topological polar surface area (TPSA) is 30.7 Å². The summed E-state index contributed by atoms with van der Waals surface area (Å²) >= 11 is 3.44. The molecule has 1 aromatic carbocycles. The molecule has 2 aromatic rings. The van der Waals surface area contributed by atoms with Crippen molar-refractivity contribution in [3.05, 3.63) is 46.5 Å². The maximum Gasteiger partial charge on any atom is 0.137 e. The first-order valence-electron chi connectivity index (χ1n) is 5.76. The molecule has 0 N–H and O–H groups in total. The van der Waals surface area contributed by atoms with Crippen LogP contribution >= 0.6 is 15.9 Å². The molecule has 0 unspecified atom stereocenters. The number of nitrogens with zero attached hydrogens (tertiary/aromatic N) is 3. The van der Waals surface area contributed by atoms with E-state index in [0.29, 0.717) is 5.92 Å². The van der Waals surface area contributed by atoms with Crippen molar-refractivity contribution in [3.8, 4) is 0 Å². The van der Waals surface area contributed by atoms with E-state index in [4.69, 9.17) is 0 Å². The van der Waals surface area contributed by atoms with Crippen LogP contribution in [0.25, 0.3) is 0 Å². The number of halogens is 1. The van der Waals surface area contributed by atoms with Gasteiger partial charge in [0.25, 0.3) is 0 Å². The predicted molar refractivity (Wildman–Crippen MR) is 71.8 cm³/mol. The molecule has 0 atom stereocenters. The van der Waals surface area contributed by atoms with E-state index in [1.807, 2.05) is 6.33 Å². The normalized spacial score (nSPS) is 11.1. The van der Waals surface area contributed by atoms with Gasteiger partial charge in [-0.3, -0.25) is 0 Å². The van der Waals surface area contributed by atoms with Crippen LogP contribution in [-0.2, 0) is 13.0 Å². The Bertz CT molecular complexity index is 474. The summed E-state index contributed by atoms with van der Waals surface area (Å²) in [6.07, 6.45) is 2.65. The van der Waals surface area contributed by atoms with Crippen LogP contribution in [0.15, 0.2) is 35.1 Å². The van der Waals surface area contributed by atoms with Gasteiger partial charge in [0.1, 0.15) is 12.2 Å². The second-order valence-electron chi connectivity index (χ2n) is 4.60. The standard InChI is InChI=1S/C13H16BrN3/c1-10(2)8-17-9-15-16-13(17)7-11-3-5-12(14)6-4-11/h3-6,9-10H,7-8H2,1-2H3. The van der Waals surface area contributed by atoms with Gasteiger partial charge in [0.05, 0.1) is 0 Å². The van der Waals surface area contributed by atoms with E-state index in [1.165, 1.54) is 5.56 Å². The Kier molecular flexibility index (Phi) is 3.94. The molecule has 1 heterocycles. The van der Waals surface area contributed by atoms with E-state index in [2.05, 4.69) is 68.8 Å². The summed E-state index contributed by atoms with van der Waals surface area (Å²) in [7, 11) is 0. The van der Waals surface area contributed by atoms with Crippen molar-refractivity contribution in [2.24, 2.45) is 5.92 Å². The first-order valence-corrected chi connectivity index (χ1v) is 6.55. The average molecular weight is 294 g/mol. The highest BCUT2D eigenvalue weighted by Gasteiger charge is 2.06. The van der Waals surface area contributed by atoms with Crippen LogP contribution < -0.4 is 0 Å². The summed E-state index contributed by atoms with van der Waals surface area (Å²) in [4.78, 5) is 0. The maximum absolute atomic E-state index is 4.19. The monoisotopic (exact) mass is 293 g/mol. The van der Waals surface area contributed by atoms with Crippen LogP contribution in [-0.4, -0.2) is 14.8 Å². The summed E-state index contributed by atoms with van der Waals surface area (Å²) < 4.78 is 3.23. The lowest BCUT2D eigenvalue weighted by Gasteiger charge is -2.09. The van der Waals surface area contributed by atoms with Gasteiger partial charge in [-0.05, 0) is 23.6 Å². The number of rotatable bonds is 4. The van der Waals surface area contributed by atoms with Crippen LogP contribution in [0.5, 0.6) is 0 Å². The number of hydrogen-bond acceptors (Lipinski definition) is 2. The molecule has 0 saturated heterocycles. The highest BCUT2D eigenvalue weighted by Crippen LogP contribution is 2.13. The van der Waals surface area contributed by atoms with Crippen molar-refractivity contribution in [3.63, 3.8) is 0 Å². The van der Waals surface area contributed by atoms with Gasteiger partial charge >= 0.3 is 0 Å². The first-order chi connectivity index (χ1) is 8.15. The summed E-state index contributed by atoms with van der Waals surface area (Å²) in [5.41, 5.74) is 1.26. The van der Waals surface area contributed by atoms with Crippen molar-refractivity contribution in [1.29, 1.82) is 0 Å². The Morgan fingerprint density at radius 3 is 2.59 bits per heavy atom. The van der Waals surface area contributed by atoms with Crippen molar-refractivity contribution in [2.45, 2.75) is 26.8 Å². The van der Waals surface area contributed by atoms with Crippen LogP contribution in [0.4, 0.5) is 0 Å². The third-order valence-corrected chi connectivity index (χ3v) is 3.06. The fourth-order valence-corrected chi connectivity index (χ4v) is 2.01. The Morgan fingerprint density at radius 1 is 1.24 bits per heavy atom. The lowest BCUT2D eigenvalue weighted by molar-refractivity contribution is 0.509. The summed E-state index contributed by atoms with van der Waals surface area (Å²) in [6, 6.07) is 8.33. The molecule has 0 aliphatic heterocycles. The van der Waals surface area contributed by atoms with Gasteiger partial charge < -0.3 is 4.57 Å². The second kappa shape index (κ2) is 5.45. The minimum Gasteiger partial charge on any atom is -0.317 e. The highest BCUT2D eigenvalue weighted by atomic mass is 79.9. The molecule has 0 saturated carbocycles. The molecule has 0 amide bonds. The van der Waals surface area contributed by atoms with E-state index in [1.54, 1.807) is 0 Å². The molecular formula is C13H16BrN3. The molecule has 2 rings (SSSR count). The Morgan fingerprint density at radius 2 is 1.94 bits per heavy atom. The lowest BCUT2D eigenvalue weighted by atomic mass is 10.1. The lowest BCUT2D eigenvalue weighted by Crippen LogP contribution is -2.08. The second-order valence-corrected chi connectivity index (χ2v) is 5.51. The van der Waals surface area contributed by atoms with Crippen LogP contribution in [0, 0.1) is 5.92 Å². The first kappa shape index (κ1) is 12.3. The third kappa shape index (κ3) is 3.40. The van der Waals surface area contributed by atoms with E-state index >= 15 is 0 Å². The quantitative estimate of drug-likeness (QED) is 0.866. The van der Waals surface area contributed by atoms with Gasteiger partial charge in [-0.1, -0.05) is 41.9 Å². The van der Waals surface area contributed by atoms with Crippen molar-refractivity contribution in [2.75, 3.05) is 0 Å². The zero-order valence-electron chi connectivity index (χ0n) is 10.1. The molecule has 0 bridgehead atoms. The molecular weight excluding hydrogens is 278 g/mol. The smallest absolute Gasteiger partial charge is 0.137 e. The van der Waals surface area contributed by atoms with Crippen LogP contribution in [0.1, 0.15) is 25.2 Å². The summed E-state index contributed by atoms with van der Waals surface area (Å²) in [6.45, 7) is 5.37. The SMILES string of the molecule is CC(C)Cn1cnnc1Cc1ccc(Br)cc1. The number of aromatic nitrogens is 3. The Hall–Kier alpha value is -1.16. The van der Waals surface area contributed by atoms with Gasteiger partial charge in [-0.25, -0.2) is 0 Å². The molecule has 0 radical (unpaired) electrons. The van der Waals surface area contributed by atoms with Gasteiger partial charge in [0.15, 0.2) is 0 Å². The van der Waals surface area contributed by atoms with E-state index in [0.717, 1.165) is 23.3 Å².